The van der Waals surface area contributed by atoms with Crippen LogP contribution in [-0.4, -0.2) is 21.4 Å². The molecule has 0 unspecified atom stereocenters. The Hall–Kier alpha value is -2.50. The lowest BCUT2D eigenvalue weighted by Gasteiger charge is -2.08. The van der Waals surface area contributed by atoms with Crippen molar-refractivity contribution in [2.24, 2.45) is 0 Å². The fourth-order valence-corrected chi connectivity index (χ4v) is 1.82. The van der Waals surface area contributed by atoms with E-state index in [1.54, 1.807) is 19.1 Å². The fraction of sp³-hybridized carbons (Fsp3) is 0.231. The minimum absolute atomic E-state index is 0.0483. The molecule has 19 heavy (non-hydrogen) atoms. The highest BCUT2D eigenvalue weighted by Crippen LogP contribution is 2.30. The van der Waals surface area contributed by atoms with Gasteiger partial charge < -0.3 is 5.32 Å². The highest BCUT2D eigenvalue weighted by Gasteiger charge is 2.22. The molecule has 0 saturated carbocycles. The third kappa shape index (κ3) is 2.67. The molecule has 2 rings (SSSR count). The van der Waals surface area contributed by atoms with Crippen molar-refractivity contribution in [1.29, 1.82) is 0 Å². The first-order valence-electron chi connectivity index (χ1n) is 5.95. The van der Waals surface area contributed by atoms with Gasteiger partial charge in [-0.15, -0.1) is 0 Å². The van der Waals surface area contributed by atoms with Gasteiger partial charge in [0.05, 0.1) is 4.92 Å². The number of aromatic nitrogens is 2. The van der Waals surface area contributed by atoms with Gasteiger partial charge in [-0.25, -0.2) is 9.97 Å². The Bertz CT molecular complexity index is 599. The minimum Gasteiger partial charge on any atom is -0.354 e. The molecule has 0 spiro atoms. The van der Waals surface area contributed by atoms with Gasteiger partial charge in [0.15, 0.2) is 5.69 Å². The van der Waals surface area contributed by atoms with Crippen LogP contribution >= 0.6 is 0 Å². The summed E-state index contributed by atoms with van der Waals surface area (Å²) in [5.74, 6) is 0.407. The summed E-state index contributed by atoms with van der Waals surface area (Å²) in [5, 5.41) is 14.2. The zero-order valence-electron chi connectivity index (χ0n) is 10.8. The van der Waals surface area contributed by atoms with Gasteiger partial charge in [-0.3, -0.25) is 10.1 Å². The molecular formula is C13H14N4O2. The van der Waals surface area contributed by atoms with E-state index in [2.05, 4.69) is 15.3 Å². The Kier molecular flexibility index (Phi) is 3.70. The van der Waals surface area contributed by atoms with Crippen LogP contribution in [0, 0.1) is 17.0 Å². The first kappa shape index (κ1) is 12.9. The molecule has 0 fully saturated rings. The number of hydrogen-bond donors (Lipinski definition) is 1. The molecule has 0 bridgehead atoms. The maximum absolute atomic E-state index is 11.2. The van der Waals surface area contributed by atoms with E-state index in [1.807, 2.05) is 25.1 Å². The molecule has 0 radical (unpaired) electrons. The van der Waals surface area contributed by atoms with E-state index in [1.165, 1.54) is 0 Å². The normalized spacial score (nSPS) is 10.2. The van der Waals surface area contributed by atoms with Gasteiger partial charge in [0.25, 0.3) is 0 Å². The molecule has 6 nitrogen and oxygen atoms in total. The molecule has 0 aliphatic rings. The number of benzene rings is 1. The zero-order valence-corrected chi connectivity index (χ0v) is 10.8. The lowest BCUT2D eigenvalue weighted by Crippen LogP contribution is -2.07. The number of nitro groups is 1. The van der Waals surface area contributed by atoms with Crippen molar-refractivity contribution in [2.75, 3.05) is 11.9 Å². The highest BCUT2D eigenvalue weighted by atomic mass is 16.6. The number of rotatable bonds is 4. The summed E-state index contributed by atoms with van der Waals surface area (Å²) in [5.41, 5.74) is 1.36. The summed E-state index contributed by atoms with van der Waals surface area (Å²) < 4.78 is 0. The number of anilines is 1. The molecule has 98 valence electrons. The van der Waals surface area contributed by atoms with Crippen LogP contribution in [0.4, 0.5) is 11.6 Å². The Morgan fingerprint density at radius 1 is 1.26 bits per heavy atom. The molecular weight excluding hydrogens is 244 g/mol. The molecule has 1 aromatic carbocycles. The molecule has 0 aliphatic carbocycles. The van der Waals surface area contributed by atoms with Crippen LogP contribution in [0.2, 0.25) is 0 Å². The van der Waals surface area contributed by atoms with Crippen LogP contribution < -0.4 is 5.32 Å². The standard InChI is InChI=1S/C13H14N4O2/c1-3-14-13-15-9(2)12(17(18)19)11(16-13)10-7-5-4-6-8-10/h4-8H,3H2,1-2H3,(H,14,15,16). The molecule has 0 atom stereocenters. The van der Waals surface area contributed by atoms with Crippen LogP contribution in [-0.2, 0) is 0 Å². The Balaban J connectivity index is 2.65. The molecule has 0 amide bonds. The van der Waals surface area contributed by atoms with E-state index in [-0.39, 0.29) is 5.69 Å². The number of hydrogen-bond acceptors (Lipinski definition) is 5. The average Bonchev–Trinajstić information content (AvgIpc) is 2.39. The zero-order chi connectivity index (χ0) is 13.8. The summed E-state index contributed by atoms with van der Waals surface area (Å²) in [6.45, 7) is 4.20. The average molecular weight is 258 g/mol. The van der Waals surface area contributed by atoms with Crippen molar-refractivity contribution in [1.82, 2.24) is 9.97 Å². The summed E-state index contributed by atoms with van der Waals surface area (Å²) in [7, 11) is 0. The number of aryl methyl sites for hydroxylation is 1. The predicted octanol–water partition coefficient (Wildman–Crippen LogP) is 2.79. The quantitative estimate of drug-likeness (QED) is 0.673. The van der Waals surface area contributed by atoms with E-state index in [0.717, 1.165) is 0 Å². The molecule has 0 saturated heterocycles. The Labute approximate surface area is 110 Å². The molecule has 0 aliphatic heterocycles. The second-order valence-electron chi connectivity index (χ2n) is 3.98. The van der Waals surface area contributed by atoms with Crippen molar-refractivity contribution in [2.45, 2.75) is 13.8 Å². The van der Waals surface area contributed by atoms with E-state index in [0.29, 0.717) is 29.4 Å². The van der Waals surface area contributed by atoms with Crippen LogP contribution in [0.5, 0.6) is 0 Å². The highest BCUT2D eigenvalue weighted by molar-refractivity contribution is 5.71. The van der Waals surface area contributed by atoms with E-state index < -0.39 is 4.92 Å². The fourth-order valence-electron chi connectivity index (χ4n) is 1.82. The van der Waals surface area contributed by atoms with Gasteiger partial charge >= 0.3 is 5.69 Å². The monoisotopic (exact) mass is 258 g/mol. The van der Waals surface area contributed by atoms with E-state index >= 15 is 0 Å². The Morgan fingerprint density at radius 2 is 1.95 bits per heavy atom. The molecule has 6 heteroatoms. The second kappa shape index (κ2) is 5.43. The van der Waals surface area contributed by atoms with Crippen LogP contribution in [0.3, 0.4) is 0 Å². The molecule has 1 heterocycles. The van der Waals surface area contributed by atoms with E-state index in [4.69, 9.17) is 0 Å². The summed E-state index contributed by atoms with van der Waals surface area (Å²) in [6, 6.07) is 9.09. The largest absolute Gasteiger partial charge is 0.354 e. The van der Waals surface area contributed by atoms with Crippen molar-refractivity contribution < 1.29 is 4.92 Å². The van der Waals surface area contributed by atoms with Gasteiger partial charge in [0.2, 0.25) is 5.95 Å². The molecule has 1 aromatic heterocycles. The topological polar surface area (TPSA) is 81.0 Å². The number of nitrogens with one attached hydrogen (secondary N) is 1. The predicted molar refractivity (Wildman–Crippen MR) is 73.0 cm³/mol. The molecule has 2 aromatic rings. The van der Waals surface area contributed by atoms with Gasteiger partial charge in [0.1, 0.15) is 5.69 Å². The van der Waals surface area contributed by atoms with Gasteiger partial charge in [0, 0.05) is 12.1 Å². The maximum Gasteiger partial charge on any atom is 0.316 e. The second-order valence-corrected chi connectivity index (χ2v) is 3.98. The van der Waals surface area contributed by atoms with Crippen LogP contribution in [0.1, 0.15) is 12.6 Å². The Morgan fingerprint density at radius 3 is 2.53 bits per heavy atom. The van der Waals surface area contributed by atoms with Crippen LogP contribution in [0.25, 0.3) is 11.3 Å². The van der Waals surface area contributed by atoms with Crippen molar-refractivity contribution in [3.05, 3.63) is 46.1 Å². The lowest BCUT2D eigenvalue weighted by atomic mass is 10.1. The summed E-state index contributed by atoms with van der Waals surface area (Å²) >= 11 is 0. The van der Waals surface area contributed by atoms with Crippen molar-refractivity contribution in [3.8, 4) is 11.3 Å². The lowest BCUT2D eigenvalue weighted by molar-refractivity contribution is -0.385. The third-order valence-corrected chi connectivity index (χ3v) is 2.62. The van der Waals surface area contributed by atoms with Gasteiger partial charge in [-0.05, 0) is 13.8 Å². The van der Waals surface area contributed by atoms with Crippen molar-refractivity contribution in [3.63, 3.8) is 0 Å². The first-order chi connectivity index (χ1) is 9.13. The van der Waals surface area contributed by atoms with Gasteiger partial charge in [-0.2, -0.15) is 0 Å². The first-order valence-corrected chi connectivity index (χ1v) is 5.95. The minimum atomic E-state index is -0.437. The molecule has 1 N–H and O–H groups in total. The maximum atomic E-state index is 11.2. The van der Waals surface area contributed by atoms with Crippen molar-refractivity contribution >= 4 is 11.6 Å². The van der Waals surface area contributed by atoms with E-state index in [9.17, 15) is 10.1 Å². The third-order valence-electron chi connectivity index (χ3n) is 2.62. The SMILES string of the molecule is CCNc1nc(C)c([N+](=O)[O-])c(-c2ccccc2)n1. The van der Waals surface area contributed by atoms with Crippen LogP contribution in [0.15, 0.2) is 30.3 Å². The summed E-state index contributed by atoms with van der Waals surface area (Å²) in [6.07, 6.45) is 0. The number of nitrogens with zero attached hydrogens (tertiary/aromatic N) is 3. The smallest absolute Gasteiger partial charge is 0.316 e. The summed E-state index contributed by atoms with van der Waals surface area (Å²) in [4.78, 5) is 19.1. The van der Waals surface area contributed by atoms with Gasteiger partial charge in [-0.1, -0.05) is 30.3 Å².